The van der Waals surface area contributed by atoms with Gasteiger partial charge in [0.05, 0.1) is 13.2 Å². The first-order valence-corrected chi connectivity index (χ1v) is 20.4. The van der Waals surface area contributed by atoms with Crippen molar-refractivity contribution in [3.05, 3.63) is 181 Å². The Labute approximate surface area is 309 Å². The highest BCUT2D eigenvalue weighted by atomic mass is 31.1. The quantitative estimate of drug-likeness (QED) is 0.0975. The summed E-state index contributed by atoms with van der Waals surface area (Å²) in [6, 6.07) is 60.7. The zero-order valence-corrected chi connectivity index (χ0v) is 31.2. The van der Waals surface area contributed by atoms with Crippen molar-refractivity contribution in [1.29, 1.82) is 0 Å². The lowest BCUT2D eigenvalue weighted by molar-refractivity contribution is -0.152. The Kier molecular flexibility index (Phi) is 11.4. The van der Waals surface area contributed by atoms with E-state index in [-0.39, 0.29) is 48.8 Å². The fraction of sp³-hybridized carbons (Fsp3) is 0.174. The largest absolute Gasteiger partial charge is 0.466 e. The first kappa shape index (κ1) is 35.5. The summed E-state index contributed by atoms with van der Waals surface area (Å²) in [5.41, 5.74) is 2.50. The zero-order chi connectivity index (χ0) is 35.9. The minimum Gasteiger partial charge on any atom is -0.466 e. The number of ether oxygens (including phenoxy) is 2. The van der Waals surface area contributed by atoms with Crippen molar-refractivity contribution in [3.8, 4) is 0 Å². The molecule has 52 heavy (non-hydrogen) atoms. The third kappa shape index (κ3) is 7.65. The van der Waals surface area contributed by atoms with Crippen molar-refractivity contribution in [2.75, 3.05) is 13.2 Å². The SMILES string of the molecule is CC(=O)OC[C@@H]1[C@@H](COC(C)=O)[C@@H](c2ccccc2P(c2ccccc2)c2ccccc2)[C@@H]1c1ccccc1P(c1ccccc1)c1ccccc1. The Balaban J connectivity index is 1.43. The topological polar surface area (TPSA) is 52.6 Å². The summed E-state index contributed by atoms with van der Waals surface area (Å²) in [6.45, 7) is 3.43. The Morgan fingerprint density at radius 2 is 0.692 bits per heavy atom. The van der Waals surface area contributed by atoms with Gasteiger partial charge in [0.15, 0.2) is 0 Å². The molecule has 1 fully saturated rings. The fourth-order valence-corrected chi connectivity index (χ4v) is 12.8. The monoisotopic (exact) mass is 720 g/mol. The summed E-state index contributed by atoms with van der Waals surface area (Å²) in [4.78, 5) is 24.7. The normalized spacial score (nSPS) is 18.1. The van der Waals surface area contributed by atoms with Gasteiger partial charge in [0.25, 0.3) is 0 Å². The Hall–Kier alpha value is -4.88. The lowest BCUT2D eigenvalue weighted by Gasteiger charge is -2.53. The van der Waals surface area contributed by atoms with Gasteiger partial charge in [-0.3, -0.25) is 9.59 Å². The number of benzene rings is 6. The molecule has 1 saturated carbocycles. The van der Waals surface area contributed by atoms with Crippen molar-refractivity contribution in [2.24, 2.45) is 11.8 Å². The molecule has 1 aliphatic carbocycles. The highest BCUT2D eigenvalue weighted by molar-refractivity contribution is 7.80. The first-order chi connectivity index (χ1) is 25.5. The average Bonchev–Trinajstić information content (AvgIpc) is 3.17. The summed E-state index contributed by atoms with van der Waals surface area (Å²) in [5, 5.41) is 7.67. The van der Waals surface area contributed by atoms with Crippen molar-refractivity contribution in [3.63, 3.8) is 0 Å². The van der Waals surface area contributed by atoms with E-state index in [0.29, 0.717) is 0 Å². The summed E-state index contributed by atoms with van der Waals surface area (Å²) >= 11 is 0. The van der Waals surface area contributed by atoms with Crippen LogP contribution in [-0.2, 0) is 19.1 Å². The fourth-order valence-electron chi connectivity index (χ4n) is 7.76. The van der Waals surface area contributed by atoms with Crippen LogP contribution < -0.4 is 31.8 Å². The molecule has 4 nitrogen and oxygen atoms in total. The number of carbonyl (C=O) groups excluding carboxylic acids is 2. The lowest BCUT2D eigenvalue weighted by Crippen LogP contribution is -2.51. The second kappa shape index (κ2) is 16.6. The molecule has 0 spiro atoms. The van der Waals surface area contributed by atoms with E-state index in [1.807, 2.05) is 0 Å². The van der Waals surface area contributed by atoms with Gasteiger partial charge in [-0.05, 0) is 70.6 Å². The van der Waals surface area contributed by atoms with Crippen molar-refractivity contribution >= 4 is 59.6 Å². The van der Waals surface area contributed by atoms with Crippen LogP contribution in [0.15, 0.2) is 170 Å². The molecular weight excluding hydrogens is 678 g/mol. The van der Waals surface area contributed by atoms with E-state index in [1.54, 1.807) is 0 Å². The van der Waals surface area contributed by atoms with Gasteiger partial charge in [0.1, 0.15) is 0 Å². The van der Waals surface area contributed by atoms with Crippen LogP contribution in [0.2, 0.25) is 0 Å². The van der Waals surface area contributed by atoms with Crippen molar-refractivity contribution < 1.29 is 19.1 Å². The standard InChI is InChI=1S/C46H42O4P2/c1-33(47)49-31-41-42(32-50-34(2)48)46(40-28-16-18-30-44(40)52(37-23-11-5-12-24-37)38-25-13-6-14-26-38)45(41)39-27-15-17-29-43(39)51(35-19-7-3-8-20-35)36-21-9-4-10-22-36/h3-30,41-42,45-46H,31-32H2,1-2H3/t41-,42-,45-,46-/m1/s1. The summed E-state index contributed by atoms with van der Waals surface area (Å²) in [5.74, 6) is -0.753. The van der Waals surface area contributed by atoms with E-state index in [9.17, 15) is 9.59 Å². The minimum absolute atomic E-state index is 0.00178. The Bertz CT molecular complexity index is 1860. The van der Waals surface area contributed by atoms with E-state index in [2.05, 4.69) is 170 Å². The van der Waals surface area contributed by atoms with Crippen LogP contribution in [0.5, 0.6) is 0 Å². The molecule has 0 unspecified atom stereocenters. The second-order valence-electron chi connectivity index (χ2n) is 13.1. The van der Waals surface area contributed by atoms with Gasteiger partial charge < -0.3 is 9.47 Å². The maximum Gasteiger partial charge on any atom is 0.302 e. The molecule has 260 valence electrons. The number of carbonyl (C=O) groups is 2. The molecule has 1 aliphatic rings. The lowest BCUT2D eigenvalue weighted by atomic mass is 9.53. The second-order valence-corrected chi connectivity index (χ2v) is 17.5. The maximum atomic E-state index is 12.4. The molecule has 0 heterocycles. The molecule has 0 N–H and O–H groups in total. The van der Waals surface area contributed by atoms with Gasteiger partial charge in [-0.25, -0.2) is 0 Å². The average molecular weight is 721 g/mol. The van der Waals surface area contributed by atoms with Gasteiger partial charge in [-0.1, -0.05) is 170 Å². The molecule has 0 aliphatic heterocycles. The van der Waals surface area contributed by atoms with Crippen molar-refractivity contribution in [2.45, 2.75) is 25.7 Å². The molecule has 0 saturated heterocycles. The predicted molar refractivity (Wildman–Crippen MR) is 216 cm³/mol. The van der Waals surface area contributed by atoms with Crippen LogP contribution in [0.25, 0.3) is 0 Å². The van der Waals surface area contributed by atoms with Gasteiger partial charge in [0.2, 0.25) is 0 Å². The molecule has 0 radical (unpaired) electrons. The Morgan fingerprint density at radius 3 is 0.981 bits per heavy atom. The number of hydrogen-bond donors (Lipinski definition) is 0. The zero-order valence-electron chi connectivity index (χ0n) is 29.4. The molecule has 6 aromatic carbocycles. The van der Waals surface area contributed by atoms with E-state index < -0.39 is 15.8 Å². The van der Waals surface area contributed by atoms with Crippen LogP contribution in [0.4, 0.5) is 0 Å². The van der Waals surface area contributed by atoms with Gasteiger partial charge in [0, 0.05) is 25.7 Å². The van der Waals surface area contributed by atoms with Crippen molar-refractivity contribution in [1.82, 2.24) is 0 Å². The smallest absolute Gasteiger partial charge is 0.302 e. The summed E-state index contributed by atoms with van der Waals surface area (Å²) in [7, 11) is -1.83. The summed E-state index contributed by atoms with van der Waals surface area (Å²) in [6.07, 6.45) is 0. The van der Waals surface area contributed by atoms with Gasteiger partial charge >= 0.3 is 11.9 Å². The number of esters is 2. The molecule has 4 atom stereocenters. The third-order valence-electron chi connectivity index (χ3n) is 9.95. The van der Waals surface area contributed by atoms with Crippen LogP contribution in [-0.4, -0.2) is 25.2 Å². The Morgan fingerprint density at radius 1 is 0.423 bits per heavy atom. The number of hydrogen-bond acceptors (Lipinski definition) is 4. The molecule has 0 bridgehead atoms. The van der Waals surface area contributed by atoms with Gasteiger partial charge in [-0.15, -0.1) is 0 Å². The van der Waals surface area contributed by atoms with E-state index in [1.165, 1.54) is 56.8 Å². The molecule has 0 aromatic heterocycles. The van der Waals surface area contributed by atoms with Crippen LogP contribution in [0.1, 0.15) is 36.8 Å². The van der Waals surface area contributed by atoms with Crippen LogP contribution >= 0.6 is 15.8 Å². The highest BCUT2D eigenvalue weighted by Gasteiger charge is 2.54. The third-order valence-corrected chi connectivity index (χ3v) is 15.0. The van der Waals surface area contributed by atoms with Gasteiger partial charge in [-0.2, -0.15) is 0 Å². The van der Waals surface area contributed by atoms with Crippen LogP contribution in [0, 0.1) is 11.8 Å². The first-order valence-electron chi connectivity index (χ1n) is 17.8. The van der Waals surface area contributed by atoms with Crippen LogP contribution in [0.3, 0.4) is 0 Å². The van der Waals surface area contributed by atoms with E-state index >= 15 is 0 Å². The molecule has 0 amide bonds. The minimum atomic E-state index is -0.914. The summed E-state index contributed by atoms with van der Waals surface area (Å²) < 4.78 is 11.7. The molecule has 6 heteroatoms. The van der Waals surface area contributed by atoms with E-state index in [4.69, 9.17) is 9.47 Å². The molecule has 6 aromatic rings. The predicted octanol–water partition coefficient (Wildman–Crippen LogP) is 7.44. The van der Waals surface area contributed by atoms with E-state index in [0.717, 1.165) is 0 Å². The molecular formula is C46H42O4P2. The highest BCUT2D eigenvalue weighted by Crippen LogP contribution is 2.59. The molecule has 7 rings (SSSR count). The maximum absolute atomic E-state index is 12.4. The number of rotatable bonds is 12.